The number of hydrogen-bond donors (Lipinski definition) is 1. The van der Waals surface area contributed by atoms with Gasteiger partial charge in [0, 0.05) is 6.61 Å². The Hall–Kier alpha value is -1.68. The molecule has 27 heavy (non-hydrogen) atoms. The fourth-order valence-corrected chi connectivity index (χ4v) is 8.08. The number of benzene rings is 2. The molecule has 146 valence electrons. The van der Waals surface area contributed by atoms with Gasteiger partial charge in [0.2, 0.25) is 0 Å². The van der Waals surface area contributed by atoms with Gasteiger partial charge in [-0.25, -0.2) is 0 Å². The van der Waals surface area contributed by atoms with E-state index in [0.29, 0.717) is 6.61 Å². The average Bonchev–Trinajstić information content (AvgIpc) is 2.65. The molecule has 3 heteroatoms. The third-order valence-electron chi connectivity index (χ3n) is 5.04. The molecule has 0 spiro atoms. The normalized spacial score (nSPS) is 14.0. The standard InChI is InChI=1S/C24H34O2Si/c1-20(2)23(25)18-12-13-19-26-27(24(3,4)5,21-14-8-6-9-15-21)22-16-10-7-11-17-22/h6-12,14-18,20,23,25H,13,19H2,1-5H3/b18-12-. The lowest BCUT2D eigenvalue weighted by Gasteiger charge is -2.43. The van der Waals surface area contributed by atoms with Crippen molar-refractivity contribution in [1.29, 1.82) is 0 Å². The molecule has 2 rings (SSSR count). The molecule has 0 aromatic heterocycles. The lowest BCUT2D eigenvalue weighted by molar-refractivity contribution is 0.171. The van der Waals surface area contributed by atoms with Crippen LogP contribution in [0.5, 0.6) is 0 Å². The predicted octanol–water partition coefficient (Wildman–Crippen LogP) is 4.53. The lowest BCUT2D eigenvalue weighted by atomic mass is 10.1. The highest BCUT2D eigenvalue weighted by Gasteiger charge is 2.49. The summed E-state index contributed by atoms with van der Waals surface area (Å²) in [4.78, 5) is 0. The van der Waals surface area contributed by atoms with Crippen molar-refractivity contribution in [1.82, 2.24) is 0 Å². The molecule has 2 aromatic rings. The van der Waals surface area contributed by atoms with Gasteiger partial charge in [0.05, 0.1) is 6.10 Å². The molecule has 0 saturated carbocycles. The lowest BCUT2D eigenvalue weighted by Crippen LogP contribution is -2.66. The monoisotopic (exact) mass is 382 g/mol. The second kappa shape index (κ2) is 9.49. The highest BCUT2D eigenvalue weighted by molar-refractivity contribution is 6.99. The highest BCUT2D eigenvalue weighted by Crippen LogP contribution is 2.36. The van der Waals surface area contributed by atoms with Crippen LogP contribution in [0.25, 0.3) is 0 Å². The molecule has 2 nitrogen and oxygen atoms in total. The largest absolute Gasteiger partial charge is 0.407 e. The fraction of sp³-hybridized carbons (Fsp3) is 0.417. The average molecular weight is 383 g/mol. The van der Waals surface area contributed by atoms with Crippen molar-refractivity contribution in [3.8, 4) is 0 Å². The highest BCUT2D eigenvalue weighted by atomic mass is 28.4. The van der Waals surface area contributed by atoms with E-state index >= 15 is 0 Å². The van der Waals surface area contributed by atoms with E-state index in [1.54, 1.807) is 0 Å². The zero-order valence-electron chi connectivity index (χ0n) is 17.4. The predicted molar refractivity (Wildman–Crippen MR) is 118 cm³/mol. The van der Waals surface area contributed by atoms with Crippen LogP contribution < -0.4 is 10.4 Å². The summed E-state index contributed by atoms with van der Waals surface area (Å²) in [5.41, 5.74) is 0. The first-order valence-corrected chi connectivity index (χ1v) is 11.8. The van der Waals surface area contributed by atoms with Crippen LogP contribution in [0.2, 0.25) is 5.04 Å². The van der Waals surface area contributed by atoms with E-state index in [2.05, 4.69) is 81.4 Å². The first-order chi connectivity index (χ1) is 12.8. The van der Waals surface area contributed by atoms with Gasteiger partial charge in [-0.3, -0.25) is 0 Å². The molecule has 0 bridgehead atoms. The fourth-order valence-electron chi connectivity index (χ4n) is 3.50. The van der Waals surface area contributed by atoms with Crippen LogP contribution in [0.3, 0.4) is 0 Å². The molecule has 0 saturated heterocycles. The zero-order valence-corrected chi connectivity index (χ0v) is 18.4. The minimum atomic E-state index is -2.44. The molecule has 0 aliphatic rings. The van der Waals surface area contributed by atoms with Gasteiger partial charge in [0.15, 0.2) is 0 Å². The molecule has 1 N–H and O–H groups in total. The van der Waals surface area contributed by atoms with Crippen molar-refractivity contribution < 1.29 is 9.53 Å². The Bertz CT molecular complexity index is 663. The maximum absolute atomic E-state index is 9.95. The Labute approximate surface area is 166 Å². The molecule has 0 radical (unpaired) electrons. The second-order valence-corrected chi connectivity index (χ2v) is 12.8. The quantitative estimate of drug-likeness (QED) is 0.413. The first kappa shape index (κ1) is 21.6. The van der Waals surface area contributed by atoms with Crippen molar-refractivity contribution in [2.75, 3.05) is 6.61 Å². The molecule has 0 fully saturated rings. The Morgan fingerprint density at radius 1 is 0.926 bits per heavy atom. The van der Waals surface area contributed by atoms with Crippen molar-refractivity contribution in [3.05, 3.63) is 72.8 Å². The van der Waals surface area contributed by atoms with Crippen molar-refractivity contribution >= 4 is 18.7 Å². The third-order valence-corrected chi connectivity index (χ3v) is 10.1. The molecular weight excluding hydrogens is 348 g/mol. The first-order valence-electron chi connectivity index (χ1n) is 9.89. The van der Waals surface area contributed by atoms with Crippen LogP contribution in [0.4, 0.5) is 0 Å². The van der Waals surface area contributed by atoms with Crippen LogP contribution in [0, 0.1) is 5.92 Å². The molecule has 0 heterocycles. The maximum Gasteiger partial charge on any atom is 0.261 e. The van der Waals surface area contributed by atoms with Gasteiger partial charge in [-0.05, 0) is 27.8 Å². The van der Waals surface area contributed by atoms with Gasteiger partial charge in [-0.15, -0.1) is 0 Å². The summed E-state index contributed by atoms with van der Waals surface area (Å²) in [6, 6.07) is 21.4. The summed E-state index contributed by atoms with van der Waals surface area (Å²) in [5, 5.41) is 12.6. The Kier molecular flexibility index (Phi) is 7.60. The Balaban J connectivity index is 2.33. The van der Waals surface area contributed by atoms with Gasteiger partial charge in [0.25, 0.3) is 8.32 Å². The molecular formula is C24H34O2Si. The molecule has 1 unspecified atom stereocenters. The molecule has 0 aliphatic heterocycles. The third kappa shape index (κ3) is 5.19. The smallest absolute Gasteiger partial charge is 0.261 e. The maximum atomic E-state index is 9.95. The van der Waals surface area contributed by atoms with E-state index < -0.39 is 14.4 Å². The second-order valence-electron chi connectivity index (χ2n) is 8.46. The van der Waals surface area contributed by atoms with Crippen LogP contribution in [0.1, 0.15) is 41.0 Å². The number of aliphatic hydroxyl groups is 1. The zero-order chi connectivity index (χ0) is 19.9. The van der Waals surface area contributed by atoms with Gasteiger partial charge in [0.1, 0.15) is 0 Å². The summed E-state index contributed by atoms with van der Waals surface area (Å²) in [7, 11) is -2.44. The summed E-state index contributed by atoms with van der Waals surface area (Å²) in [6.07, 6.45) is 4.34. The van der Waals surface area contributed by atoms with E-state index in [1.165, 1.54) is 10.4 Å². The van der Waals surface area contributed by atoms with E-state index in [9.17, 15) is 5.11 Å². The minimum absolute atomic E-state index is 0.00311. The summed E-state index contributed by atoms with van der Waals surface area (Å²) in [6.45, 7) is 11.6. The molecule has 1 atom stereocenters. The van der Waals surface area contributed by atoms with Gasteiger partial charge in [-0.1, -0.05) is 107 Å². The molecule has 0 amide bonds. The summed E-state index contributed by atoms with van der Waals surface area (Å²) < 4.78 is 6.81. The van der Waals surface area contributed by atoms with Gasteiger partial charge >= 0.3 is 0 Å². The van der Waals surface area contributed by atoms with Crippen LogP contribution in [0.15, 0.2) is 72.8 Å². The van der Waals surface area contributed by atoms with Crippen molar-refractivity contribution in [2.24, 2.45) is 5.92 Å². The number of hydrogen-bond acceptors (Lipinski definition) is 2. The summed E-state index contributed by atoms with van der Waals surface area (Å²) in [5.74, 6) is 0.235. The number of rotatable bonds is 8. The van der Waals surface area contributed by atoms with Crippen LogP contribution >= 0.6 is 0 Å². The topological polar surface area (TPSA) is 29.5 Å². The van der Waals surface area contributed by atoms with Gasteiger partial charge in [-0.2, -0.15) is 0 Å². The van der Waals surface area contributed by atoms with E-state index in [0.717, 1.165) is 6.42 Å². The van der Waals surface area contributed by atoms with Crippen molar-refractivity contribution in [3.63, 3.8) is 0 Å². The van der Waals surface area contributed by atoms with Crippen LogP contribution in [-0.2, 0) is 4.43 Å². The van der Waals surface area contributed by atoms with E-state index in [4.69, 9.17) is 4.43 Å². The SMILES string of the molecule is CC(C)C(O)/C=C\CCO[Si](c1ccccc1)(c1ccccc1)C(C)(C)C. The van der Waals surface area contributed by atoms with Crippen LogP contribution in [-0.4, -0.2) is 26.1 Å². The van der Waals surface area contributed by atoms with E-state index in [-0.39, 0.29) is 11.0 Å². The van der Waals surface area contributed by atoms with E-state index in [1.807, 2.05) is 26.0 Å². The molecule has 0 aliphatic carbocycles. The Morgan fingerprint density at radius 3 is 1.81 bits per heavy atom. The summed E-state index contributed by atoms with van der Waals surface area (Å²) >= 11 is 0. The van der Waals surface area contributed by atoms with Gasteiger partial charge < -0.3 is 9.53 Å². The number of aliphatic hydroxyl groups excluding tert-OH is 1. The molecule has 2 aromatic carbocycles. The van der Waals surface area contributed by atoms with Crippen molar-refractivity contribution in [2.45, 2.75) is 52.2 Å². The Morgan fingerprint density at radius 2 is 1.41 bits per heavy atom. The minimum Gasteiger partial charge on any atom is -0.407 e.